The smallest absolute Gasteiger partial charge is 0.550 e. The normalized spacial score (nSPS) is 20.7. The number of likely N-dealkylation sites (N-methyl/N-ethyl adjacent to an activating group) is 1. The van der Waals surface area contributed by atoms with Crippen LogP contribution in [0.2, 0.25) is 0 Å². The Labute approximate surface area is 182 Å². The summed E-state index contributed by atoms with van der Waals surface area (Å²) >= 11 is 8.02. The number of carboxylic acid groups (broad SMARTS) is 1. The van der Waals surface area contributed by atoms with E-state index in [4.69, 9.17) is 12.2 Å². The van der Waals surface area contributed by atoms with Gasteiger partial charge in [0.15, 0.2) is 5.11 Å². The second-order valence-electron chi connectivity index (χ2n) is 5.40. The summed E-state index contributed by atoms with van der Waals surface area (Å²) in [6.45, 7) is 2.29. The van der Waals surface area contributed by atoms with Crippen molar-refractivity contribution in [1.29, 1.82) is 0 Å². The van der Waals surface area contributed by atoms with Gasteiger partial charge in [0.05, 0.1) is 4.24 Å². The van der Waals surface area contributed by atoms with Crippen molar-refractivity contribution in [2.45, 2.75) is 32.6 Å². The van der Waals surface area contributed by atoms with Crippen LogP contribution in [-0.4, -0.2) is 46.3 Å². The fourth-order valence-corrected chi connectivity index (χ4v) is 4.74. The Morgan fingerprint density at radius 1 is 1.24 bits per heavy atom. The van der Waals surface area contributed by atoms with Crippen LogP contribution in [0.25, 0.3) is 0 Å². The van der Waals surface area contributed by atoms with E-state index in [1.807, 2.05) is 12.3 Å². The van der Waals surface area contributed by atoms with Crippen molar-refractivity contribution >= 4 is 58.6 Å². The molecule has 0 spiro atoms. The molecule has 2 heterocycles. The SMILES string of the molecule is CC1=CS/C(=C2/C(=O)N(C)C(=S)N(CCCCCC(=O)[O-])C2=O)S1.[Na+]. The number of amides is 2. The number of thiocarbonyl (C=S) groups is 1. The van der Waals surface area contributed by atoms with Crippen molar-refractivity contribution in [2.24, 2.45) is 0 Å². The summed E-state index contributed by atoms with van der Waals surface area (Å²) in [6.07, 6.45) is 1.76. The first-order valence-electron chi connectivity index (χ1n) is 7.42. The molecule has 2 rings (SSSR count). The molecule has 0 N–H and O–H groups in total. The van der Waals surface area contributed by atoms with Gasteiger partial charge in [0.1, 0.15) is 5.57 Å². The molecular formula is C15H17N2NaO4S3. The first kappa shape index (κ1) is 22.7. The van der Waals surface area contributed by atoms with Crippen molar-refractivity contribution in [1.82, 2.24) is 9.80 Å². The zero-order chi connectivity index (χ0) is 17.9. The summed E-state index contributed by atoms with van der Waals surface area (Å²) < 4.78 is 0.679. The molecular weight excluding hydrogens is 391 g/mol. The number of rotatable bonds is 6. The zero-order valence-corrected chi connectivity index (χ0v) is 18.8. The Hall–Kier alpha value is -0.320. The summed E-state index contributed by atoms with van der Waals surface area (Å²) in [6, 6.07) is 0. The summed E-state index contributed by atoms with van der Waals surface area (Å²) in [7, 11) is 1.56. The third-order valence-electron chi connectivity index (χ3n) is 3.55. The number of hydrogen-bond donors (Lipinski definition) is 0. The van der Waals surface area contributed by atoms with E-state index in [0.717, 1.165) is 4.91 Å². The molecule has 0 aromatic carbocycles. The summed E-state index contributed by atoms with van der Waals surface area (Å²) in [5.74, 6) is -1.83. The number of allylic oxidation sites excluding steroid dienone is 1. The summed E-state index contributed by atoms with van der Waals surface area (Å²) in [5.41, 5.74) is 0.156. The van der Waals surface area contributed by atoms with Gasteiger partial charge in [-0.25, -0.2) is 0 Å². The fraction of sp³-hybridized carbons (Fsp3) is 0.467. The van der Waals surface area contributed by atoms with Crippen LogP contribution >= 0.6 is 35.7 Å². The third kappa shape index (κ3) is 5.58. The van der Waals surface area contributed by atoms with E-state index >= 15 is 0 Å². The van der Waals surface area contributed by atoms with Crippen molar-refractivity contribution in [3.05, 3.63) is 20.1 Å². The van der Waals surface area contributed by atoms with Gasteiger partial charge in [-0.05, 0) is 48.7 Å². The van der Waals surface area contributed by atoms with Crippen LogP contribution in [0.15, 0.2) is 20.1 Å². The molecule has 0 bridgehead atoms. The Bertz CT molecular complexity index is 663. The number of hydrogen-bond acceptors (Lipinski definition) is 7. The van der Waals surface area contributed by atoms with Gasteiger partial charge in [0.25, 0.3) is 11.8 Å². The predicted molar refractivity (Wildman–Crippen MR) is 96.5 cm³/mol. The average molecular weight is 409 g/mol. The van der Waals surface area contributed by atoms with Crippen LogP contribution in [-0.2, 0) is 14.4 Å². The predicted octanol–water partition coefficient (Wildman–Crippen LogP) is -1.56. The van der Waals surface area contributed by atoms with Crippen LogP contribution in [0, 0.1) is 0 Å². The molecule has 2 aliphatic heterocycles. The topological polar surface area (TPSA) is 80.8 Å². The van der Waals surface area contributed by atoms with Crippen LogP contribution in [0.4, 0.5) is 0 Å². The van der Waals surface area contributed by atoms with Crippen LogP contribution in [0.3, 0.4) is 0 Å². The first-order chi connectivity index (χ1) is 11.3. The quantitative estimate of drug-likeness (QED) is 0.173. The Balaban J connectivity index is 0.00000312. The molecule has 0 aromatic heterocycles. The van der Waals surface area contributed by atoms with E-state index in [0.29, 0.717) is 30.0 Å². The maximum atomic E-state index is 12.7. The number of carboxylic acids is 1. The minimum Gasteiger partial charge on any atom is -0.550 e. The Morgan fingerprint density at radius 3 is 2.48 bits per heavy atom. The minimum atomic E-state index is -1.07. The third-order valence-corrected chi connectivity index (χ3v) is 6.45. The molecule has 10 heteroatoms. The molecule has 2 amide bonds. The molecule has 2 aliphatic rings. The molecule has 25 heavy (non-hydrogen) atoms. The first-order valence-corrected chi connectivity index (χ1v) is 9.52. The Kier molecular flexibility index (Phi) is 9.20. The molecule has 0 radical (unpaired) electrons. The van der Waals surface area contributed by atoms with Gasteiger partial charge in [-0.3, -0.25) is 19.4 Å². The number of unbranched alkanes of at least 4 members (excludes halogenated alkanes) is 2. The van der Waals surface area contributed by atoms with Crippen LogP contribution in [0.1, 0.15) is 32.6 Å². The van der Waals surface area contributed by atoms with Gasteiger partial charge in [0, 0.05) is 19.6 Å². The number of aliphatic carboxylic acids is 1. The Morgan fingerprint density at radius 2 is 1.92 bits per heavy atom. The van der Waals surface area contributed by atoms with E-state index < -0.39 is 5.97 Å². The molecule has 1 fully saturated rings. The maximum Gasteiger partial charge on any atom is 1.00 e. The summed E-state index contributed by atoms with van der Waals surface area (Å²) in [4.78, 5) is 39.4. The minimum absolute atomic E-state index is 0. The van der Waals surface area contributed by atoms with Gasteiger partial charge in [-0.15, -0.1) is 0 Å². The van der Waals surface area contributed by atoms with E-state index in [9.17, 15) is 19.5 Å². The van der Waals surface area contributed by atoms with Crippen LogP contribution < -0.4 is 34.7 Å². The second-order valence-corrected chi connectivity index (χ2v) is 8.16. The van der Waals surface area contributed by atoms with Gasteiger partial charge < -0.3 is 9.90 Å². The fourth-order valence-electron chi connectivity index (χ4n) is 2.28. The summed E-state index contributed by atoms with van der Waals surface area (Å²) in [5, 5.41) is 12.5. The van der Waals surface area contributed by atoms with E-state index in [1.54, 1.807) is 7.05 Å². The number of nitrogens with zero attached hydrogens (tertiary/aromatic N) is 2. The van der Waals surface area contributed by atoms with Crippen molar-refractivity contribution in [3.63, 3.8) is 0 Å². The molecule has 0 unspecified atom stereocenters. The standard InChI is InChI=1S/C15H18N2O4S3.Na/c1-9-8-23-14(24-9)11-12(20)16(2)15(22)17(13(11)21)7-5-3-4-6-10(18)19;/h8H,3-7H2,1-2H3,(H,18,19);/q;+1/p-1/b14-11+;. The van der Waals surface area contributed by atoms with Gasteiger partial charge in [-0.2, -0.15) is 0 Å². The van der Waals surface area contributed by atoms with E-state index in [-0.39, 0.29) is 58.5 Å². The van der Waals surface area contributed by atoms with Gasteiger partial charge in [0.2, 0.25) is 0 Å². The van der Waals surface area contributed by atoms with E-state index in [1.165, 1.54) is 33.3 Å². The van der Waals surface area contributed by atoms with Crippen LogP contribution in [0.5, 0.6) is 0 Å². The number of carbonyl (C=O) groups excluding carboxylic acids is 3. The molecule has 0 saturated carbocycles. The molecule has 130 valence electrons. The molecule has 6 nitrogen and oxygen atoms in total. The average Bonchev–Trinajstić information content (AvgIpc) is 2.94. The molecule has 0 atom stereocenters. The largest absolute Gasteiger partial charge is 1.00 e. The molecule has 0 aromatic rings. The molecule has 1 saturated heterocycles. The number of thioether (sulfide) groups is 2. The number of carbonyl (C=O) groups is 3. The van der Waals surface area contributed by atoms with Gasteiger partial charge >= 0.3 is 29.6 Å². The molecule has 0 aliphatic carbocycles. The van der Waals surface area contributed by atoms with E-state index in [2.05, 4.69) is 0 Å². The zero-order valence-electron chi connectivity index (χ0n) is 14.4. The van der Waals surface area contributed by atoms with Crippen molar-refractivity contribution < 1.29 is 49.0 Å². The van der Waals surface area contributed by atoms with Crippen molar-refractivity contribution in [2.75, 3.05) is 13.6 Å². The maximum absolute atomic E-state index is 12.7. The monoisotopic (exact) mass is 408 g/mol. The van der Waals surface area contributed by atoms with Crippen molar-refractivity contribution in [3.8, 4) is 0 Å². The van der Waals surface area contributed by atoms with Gasteiger partial charge in [-0.1, -0.05) is 29.9 Å². The second kappa shape index (κ2) is 10.1.